The van der Waals surface area contributed by atoms with E-state index < -0.39 is 6.43 Å². The average molecular weight is 267 g/mol. The smallest absolute Gasteiger partial charge is 0.291 e. The van der Waals surface area contributed by atoms with Crippen LogP contribution in [-0.2, 0) is 4.79 Å². The molecule has 1 rings (SSSR count). The molecule has 0 aliphatic carbocycles. The predicted octanol–water partition coefficient (Wildman–Crippen LogP) is 2.41. The lowest BCUT2D eigenvalue weighted by Crippen LogP contribution is -2.21. The Bertz CT molecular complexity index is 359. The summed E-state index contributed by atoms with van der Waals surface area (Å²) in [4.78, 5) is 11.5. The summed E-state index contributed by atoms with van der Waals surface area (Å²) in [6, 6.07) is 0. The number of hydrogen-bond donors (Lipinski definition) is 1. The Hall–Kier alpha value is -0.760. The second-order valence-electron chi connectivity index (χ2n) is 3.09. The van der Waals surface area contributed by atoms with Gasteiger partial charge in [-0.2, -0.15) is 11.8 Å². The van der Waals surface area contributed by atoms with Gasteiger partial charge >= 0.3 is 0 Å². The third-order valence-electron chi connectivity index (χ3n) is 1.72. The lowest BCUT2D eigenvalue weighted by Gasteiger charge is -2.07. The Morgan fingerprint density at radius 3 is 2.75 bits per heavy atom. The van der Waals surface area contributed by atoms with E-state index in [2.05, 4.69) is 15.5 Å². The van der Waals surface area contributed by atoms with Gasteiger partial charge in [0.05, 0.1) is 0 Å². The van der Waals surface area contributed by atoms with E-state index in [1.165, 1.54) is 0 Å². The SMILES string of the molecule is CSCC(C)C(=O)Nc1nnc(C(F)F)s1. The van der Waals surface area contributed by atoms with Crippen molar-refractivity contribution >= 4 is 34.1 Å². The molecular formula is C8H11F2N3OS2. The van der Waals surface area contributed by atoms with Gasteiger partial charge in [0.25, 0.3) is 6.43 Å². The number of hydrogen-bond acceptors (Lipinski definition) is 5. The maximum Gasteiger partial charge on any atom is 0.291 e. The van der Waals surface area contributed by atoms with Gasteiger partial charge in [0.2, 0.25) is 11.0 Å². The highest BCUT2D eigenvalue weighted by Gasteiger charge is 2.17. The zero-order chi connectivity index (χ0) is 12.1. The quantitative estimate of drug-likeness (QED) is 0.890. The molecule has 90 valence electrons. The summed E-state index contributed by atoms with van der Waals surface area (Å²) >= 11 is 2.24. The summed E-state index contributed by atoms with van der Waals surface area (Å²) in [5.74, 6) is 0.256. The molecule has 1 amide bonds. The monoisotopic (exact) mass is 267 g/mol. The maximum atomic E-state index is 12.2. The molecule has 0 aliphatic rings. The molecule has 1 unspecified atom stereocenters. The number of rotatable bonds is 5. The minimum absolute atomic E-state index is 0.119. The molecule has 8 heteroatoms. The Morgan fingerprint density at radius 2 is 2.25 bits per heavy atom. The van der Waals surface area contributed by atoms with Gasteiger partial charge in [0, 0.05) is 11.7 Å². The molecule has 1 aromatic heterocycles. The van der Waals surface area contributed by atoms with Crippen LogP contribution in [0.4, 0.5) is 13.9 Å². The molecule has 0 aromatic carbocycles. The molecule has 1 aromatic rings. The first-order valence-corrected chi connectivity index (χ1v) is 6.67. The Labute approximate surface area is 99.8 Å². The summed E-state index contributed by atoms with van der Waals surface area (Å²) in [5.41, 5.74) is 0. The van der Waals surface area contributed by atoms with Crippen LogP contribution in [0.25, 0.3) is 0 Å². The van der Waals surface area contributed by atoms with Crippen LogP contribution in [-0.4, -0.2) is 28.1 Å². The van der Waals surface area contributed by atoms with Crippen molar-refractivity contribution in [2.75, 3.05) is 17.3 Å². The summed E-state index contributed by atoms with van der Waals surface area (Å²) in [5, 5.41) is 8.94. The van der Waals surface area contributed by atoms with E-state index in [1.54, 1.807) is 18.7 Å². The number of carbonyl (C=O) groups excluding carboxylic acids is 1. The van der Waals surface area contributed by atoms with Gasteiger partial charge in [0.15, 0.2) is 5.01 Å². The molecule has 1 atom stereocenters. The highest BCUT2D eigenvalue weighted by atomic mass is 32.2. The first-order chi connectivity index (χ1) is 7.54. The fourth-order valence-corrected chi connectivity index (χ4v) is 2.18. The van der Waals surface area contributed by atoms with Crippen molar-refractivity contribution in [3.8, 4) is 0 Å². The second-order valence-corrected chi connectivity index (χ2v) is 5.01. The van der Waals surface area contributed by atoms with Crippen LogP contribution in [0.5, 0.6) is 0 Å². The number of thioether (sulfide) groups is 1. The second kappa shape index (κ2) is 6.09. The fourth-order valence-electron chi connectivity index (χ4n) is 0.928. The van der Waals surface area contributed by atoms with Crippen molar-refractivity contribution in [3.63, 3.8) is 0 Å². The molecule has 0 radical (unpaired) electrons. The lowest BCUT2D eigenvalue weighted by atomic mass is 10.2. The number of amides is 1. The Balaban J connectivity index is 2.56. The van der Waals surface area contributed by atoms with E-state index in [0.29, 0.717) is 17.1 Å². The van der Waals surface area contributed by atoms with E-state index in [4.69, 9.17) is 0 Å². The summed E-state index contributed by atoms with van der Waals surface area (Å²) in [6.45, 7) is 1.76. The third kappa shape index (κ3) is 3.67. The van der Waals surface area contributed by atoms with Crippen LogP contribution in [0.3, 0.4) is 0 Å². The van der Waals surface area contributed by atoms with Crippen molar-refractivity contribution in [1.29, 1.82) is 0 Å². The van der Waals surface area contributed by atoms with Crippen molar-refractivity contribution in [2.45, 2.75) is 13.3 Å². The Kier molecular flexibility index (Phi) is 5.07. The minimum Gasteiger partial charge on any atom is -0.300 e. The normalized spacial score (nSPS) is 12.8. The summed E-state index contributed by atoms with van der Waals surface area (Å²) in [7, 11) is 0. The van der Waals surface area contributed by atoms with Crippen molar-refractivity contribution < 1.29 is 13.6 Å². The van der Waals surface area contributed by atoms with Gasteiger partial charge < -0.3 is 5.32 Å². The molecule has 0 spiro atoms. The van der Waals surface area contributed by atoms with Gasteiger partial charge in [-0.3, -0.25) is 4.79 Å². The van der Waals surface area contributed by atoms with Gasteiger partial charge in [-0.15, -0.1) is 10.2 Å². The van der Waals surface area contributed by atoms with Crippen molar-refractivity contribution in [3.05, 3.63) is 5.01 Å². The number of anilines is 1. The third-order valence-corrected chi connectivity index (χ3v) is 3.40. The highest BCUT2D eigenvalue weighted by molar-refractivity contribution is 7.98. The van der Waals surface area contributed by atoms with Crippen molar-refractivity contribution in [1.82, 2.24) is 10.2 Å². The molecule has 1 N–H and O–H groups in total. The number of halogens is 2. The van der Waals surface area contributed by atoms with Crippen LogP contribution in [0.15, 0.2) is 0 Å². The molecule has 1 heterocycles. The molecule has 0 saturated carbocycles. The zero-order valence-electron chi connectivity index (χ0n) is 8.74. The largest absolute Gasteiger partial charge is 0.300 e. The first kappa shape index (κ1) is 13.3. The van der Waals surface area contributed by atoms with Crippen LogP contribution >= 0.6 is 23.1 Å². The van der Waals surface area contributed by atoms with Crippen LogP contribution in [0, 0.1) is 5.92 Å². The maximum absolute atomic E-state index is 12.2. The molecule has 4 nitrogen and oxygen atoms in total. The van der Waals surface area contributed by atoms with Crippen LogP contribution in [0.1, 0.15) is 18.4 Å². The number of carbonyl (C=O) groups is 1. The van der Waals surface area contributed by atoms with Crippen LogP contribution in [0.2, 0.25) is 0 Å². The highest BCUT2D eigenvalue weighted by Crippen LogP contribution is 2.25. The van der Waals surface area contributed by atoms with Crippen molar-refractivity contribution in [2.24, 2.45) is 5.92 Å². The lowest BCUT2D eigenvalue weighted by molar-refractivity contribution is -0.118. The van der Waals surface area contributed by atoms with Gasteiger partial charge in [-0.1, -0.05) is 18.3 Å². The number of alkyl halides is 2. The fraction of sp³-hybridized carbons (Fsp3) is 0.625. The molecule has 0 bridgehead atoms. The molecule has 0 saturated heterocycles. The topological polar surface area (TPSA) is 54.9 Å². The Morgan fingerprint density at radius 1 is 1.56 bits per heavy atom. The standard InChI is InChI=1S/C8H11F2N3OS2/c1-4(3-15-2)6(14)11-8-13-12-7(16-8)5(9)10/h4-5H,3H2,1-2H3,(H,11,13,14). The number of nitrogens with one attached hydrogen (secondary N) is 1. The predicted molar refractivity (Wildman–Crippen MR) is 61.0 cm³/mol. The van der Waals surface area contributed by atoms with Gasteiger partial charge in [-0.05, 0) is 6.26 Å². The zero-order valence-corrected chi connectivity index (χ0v) is 10.4. The molecule has 16 heavy (non-hydrogen) atoms. The van der Waals surface area contributed by atoms with E-state index in [-0.39, 0.29) is 22.0 Å². The molecule has 0 aliphatic heterocycles. The van der Waals surface area contributed by atoms with Crippen LogP contribution < -0.4 is 5.32 Å². The average Bonchev–Trinajstić information content (AvgIpc) is 2.66. The number of nitrogens with zero attached hydrogens (tertiary/aromatic N) is 2. The molecule has 0 fully saturated rings. The van der Waals surface area contributed by atoms with E-state index >= 15 is 0 Å². The van der Waals surface area contributed by atoms with E-state index in [0.717, 1.165) is 0 Å². The van der Waals surface area contributed by atoms with E-state index in [1.807, 2.05) is 6.26 Å². The first-order valence-electron chi connectivity index (χ1n) is 4.46. The van der Waals surface area contributed by atoms with Gasteiger partial charge in [0.1, 0.15) is 0 Å². The summed E-state index contributed by atoms with van der Waals surface area (Å²) in [6.07, 6.45) is -0.754. The summed E-state index contributed by atoms with van der Waals surface area (Å²) < 4.78 is 24.4. The minimum atomic E-state index is -2.65. The molecular weight excluding hydrogens is 256 g/mol. The number of aromatic nitrogens is 2. The van der Waals surface area contributed by atoms with E-state index in [9.17, 15) is 13.6 Å². The van der Waals surface area contributed by atoms with Gasteiger partial charge in [-0.25, -0.2) is 8.78 Å².